The van der Waals surface area contributed by atoms with E-state index in [0.717, 1.165) is 0 Å². The summed E-state index contributed by atoms with van der Waals surface area (Å²) in [5.41, 5.74) is 0. The highest BCUT2D eigenvalue weighted by Crippen LogP contribution is 1.97. The van der Waals surface area contributed by atoms with Gasteiger partial charge in [-0.1, -0.05) is 0 Å². The zero-order valence-electron chi connectivity index (χ0n) is 12.0. The van der Waals surface area contributed by atoms with Crippen LogP contribution < -0.4 is 10.6 Å². The van der Waals surface area contributed by atoms with E-state index < -0.39 is 12.0 Å². The third-order valence-corrected chi connectivity index (χ3v) is 2.45. The summed E-state index contributed by atoms with van der Waals surface area (Å²) in [6.45, 7) is 4.43. The predicted octanol–water partition coefficient (Wildman–Crippen LogP) is 0.0303. The molecule has 0 saturated heterocycles. The molecule has 0 aromatic heterocycles. The maximum absolute atomic E-state index is 11.0. The van der Waals surface area contributed by atoms with Crippen LogP contribution in [0, 0.1) is 0 Å². The highest BCUT2D eigenvalue weighted by molar-refractivity contribution is 5.85. The van der Waals surface area contributed by atoms with Gasteiger partial charge >= 0.3 is 5.97 Å². The summed E-state index contributed by atoms with van der Waals surface area (Å²) in [7, 11) is 1.53. The molecule has 0 saturated carbocycles. The number of hydrogen-bond acceptors (Lipinski definition) is 5. The van der Waals surface area contributed by atoms with Crippen molar-refractivity contribution in [1.29, 1.82) is 0 Å². The molecule has 7 nitrogen and oxygen atoms in total. The number of carboxylic acids is 1. The van der Waals surface area contributed by atoms with Crippen LogP contribution in [0.4, 0.5) is 0 Å². The molecule has 0 unspecified atom stereocenters. The minimum atomic E-state index is -0.960. The number of carbonyl (C=O) groups excluding carboxylic acids is 1. The number of carboxylic acid groups (broad SMARTS) is 1. The smallest absolute Gasteiger partial charge is 0.320 e. The number of hydrogen-bond donors (Lipinski definition) is 3. The zero-order valence-corrected chi connectivity index (χ0v) is 12.8. The quantitative estimate of drug-likeness (QED) is 0.440. The molecule has 20 heavy (non-hydrogen) atoms. The fourth-order valence-corrected chi connectivity index (χ4v) is 1.38. The van der Waals surface area contributed by atoms with Gasteiger partial charge in [-0.05, 0) is 13.3 Å². The van der Waals surface area contributed by atoms with Gasteiger partial charge in [0.2, 0.25) is 5.91 Å². The normalized spacial score (nSPS) is 11.5. The Bertz CT molecular complexity index is 266. The van der Waals surface area contributed by atoms with Gasteiger partial charge in [0.05, 0.1) is 19.8 Å². The summed E-state index contributed by atoms with van der Waals surface area (Å²) < 4.78 is 10.3. The van der Waals surface area contributed by atoms with Gasteiger partial charge in [-0.3, -0.25) is 9.59 Å². The average molecular weight is 313 g/mol. The van der Waals surface area contributed by atoms with Crippen LogP contribution in [0.5, 0.6) is 0 Å². The minimum Gasteiger partial charge on any atom is -0.480 e. The van der Waals surface area contributed by atoms with Crippen LogP contribution in [-0.2, 0) is 19.1 Å². The molecule has 1 atom stereocenters. The molecule has 0 aromatic rings. The van der Waals surface area contributed by atoms with Crippen LogP contribution >= 0.6 is 12.4 Å². The summed E-state index contributed by atoms with van der Waals surface area (Å²) in [5, 5.41) is 14.3. The van der Waals surface area contributed by atoms with Crippen molar-refractivity contribution in [3.63, 3.8) is 0 Å². The second-order valence-corrected chi connectivity index (χ2v) is 3.87. The van der Waals surface area contributed by atoms with Gasteiger partial charge in [0.25, 0.3) is 0 Å². The summed E-state index contributed by atoms with van der Waals surface area (Å²) >= 11 is 0. The van der Waals surface area contributed by atoms with E-state index in [0.29, 0.717) is 33.0 Å². The van der Waals surface area contributed by atoms with E-state index in [1.54, 1.807) is 0 Å². The molecular weight excluding hydrogens is 288 g/mol. The first-order chi connectivity index (χ1) is 9.11. The average Bonchev–Trinajstić information content (AvgIpc) is 2.40. The SMILES string of the molecule is CCOCCOCCN[C@@H](CCC(=O)NC)C(=O)O.Cl. The van der Waals surface area contributed by atoms with E-state index in [9.17, 15) is 9.59 Å². The standard InChI is InChI=1S/C12H24N2O5.ClH/c1-3-18-8-9-19-7-6-14-10(12(16)17)4-5-11(15)13-2;/h10,14H,3-9H2,1-2H3,(H,13,15)(H,16,17);1H/t10-;/m0./s1. The summed E-state index contributed by atoms with van der Waals surface area (Å²) in [6.07, 6.45) is 0.444. The lowest BCUT2D eigenvalue weighted by atomic mass is 10.1. The van der Waals surface area contributed by atoms with Crippen molar-refractivity contribution in [1.82, 2.24) is 10.6 Å². The molecule has 0 radical (unpaired) electrons. The van der Waals surface area contributed by atoms with E-state index in [-0.39, 0.29) is 31.2 Å². The van der Waals surface area contributed by atoms with Crippen LogP contribution in [0.15, 0.2) is 0 Å². The monoisotopic (exact) mass is 312 g/mol. The maximum atomic E-state index is 11.0. The van der Waals surface area contributed by atoms with Crippen molar-refractivity contribution < 1.29 is 24.2 Å². The molecule has 0 aliphatic carbocycles. The Labute approximate surface area is 125 Å². The molecule has 1 amide bonds. The lowest BCUT2D eigenvalue weighted by Gasteiger charge is -2.14. The molecule has 0 bridgehead atoms. The highest BCUT2D eigenvalue weighted by Gasteiger charge is 2.17. The Morgan fingerprint density at radius 2 is 1.85 bits per heavy atom. The number of rotatable bonds is 12. The van der Waals surface area contributed by atoms with Gasteiger partial charge in [0.15, 0.2) is 0 Å². The third kappa shape index (κ3) is 12.2. The molecule has 0 aliphatic heterocycles. The first kappa shape index (κ1) is 21.4. The highest BCUT2D eigenvalue weighted by atomic mass is 35.5. The molecule has 0 rings (SSSR count). The van der Waals surface area contributed by atoms with Crippen molar-refractivity contribution >= 4 is 24.3 Å². The Hall–Kier alpha value is -0.890. The second-order valence-electron chi connectivity index (χ2n) is 3.87. The maximum Gasteiger partial charge on any atom is 0.320 e. The first-order valence-corrected chi connectivity index (χ1v) is 6.44. The predicted molar refractivity (Wildman–Crippen MR) is 77.3 cm³/mol. The number of aliphatic carboxylic acids is 1. The van der Waals surface area contributed by atoms with E-state index in [1.165, 1.54) is 7.05 Å². The Morgan fingerprint density at radius 1 is 1.20 bits per heavy atom. The lowest BCUT2D eigenvalue weighted by molar-refractivity contribution is -0.139. The molecule has 8 heteroatoms. The topological polar surface area (TPSA) is 96.9 Å². The van der Waals surface area contributed by atoms with Gasteiger partial charge < -0.3 is 25.2 Å². The summed E-state index contributed by atoms with van der Waals surface area (Å²) in [4.78, 5) is 22.0. The number of ether oxygens (including phenoxy) is 2. The van der Waals surface area contributed by atoms with Crippen LogP contribution in [0.2, 0.25) is 0 Å². The first-order valence-electron chi connectivity index (χ1n) is 6.44. The number of carbonyl (C=O) groups is 2. The minimum absolute atomic E-state index is 0. The van der Waals surface area contributed by atoms with Gasteiger partial charge in [0, 0.05) is 26.6 Å². The Kier molecular flexibility index (Phi) is 15.5. The number of halogens is 1. The largest absolute Gasteiger partial charge is 0.480 e. The summed E-state index contributed by atoms with van der Waals surface area (Å²) in [6, 6.07) is -0.729. The molecular formula is C12H25ClN2O5. The van der Waals surface area contributed by atoms with E-state index in [2.05, 4.69) is 10.6 Å². The molecule has 0 heterocycles. The molecule has 0 spiro atoms. The fraction of sp³-hybridized carbons (Fsp3) is 0.833. The van der Waals surface area contributed by atoms with E-state index in [4.69, 9.17) is 14.6 Å². The fourth-order valence-electron chi connectivity index (χ4n) is 1.38. The molecule has 3 N–H and O–H groups in total. The van der Waals surface area contributed by atoms with Gasteiger partial charge in [-0.2, -0.15) is 0 Å². The van der Waals surface area contributed by atoms with Crippen LogP contribution in [0.1, 0.15) is 19.8 Å². The Balaban J connectivity index is 0. The second kappa shape index (κ2) is 14.5. The van der Waals surface area contributed by atoms with Crippen LogP contribution in [0.25, 0.3) is 0 Å². The van der Waals surface area contributed by atoms with Crippen molar-refractivity contribution in [3.8, 4) is 0 Å². The number of nitrogens with one attached hydrogen (secondary N) is 2. The van der Waals surface area contributed by atoms with Crippen molar-refractivity contribution in [2.75, 3.05) is 40.0 Å². The number of amides is 1. The van der Waals surface area contributed by atoms with Gasteiger partial charge in [-0.25, -0.2) is 0 Å². The van der Waals surface area contributed by atoms with Crippen molar-refractivity contribution in [2.24, 2.45) is 0 Å². The van der Waals surface area contributed by atoms with Crippen LogP contribution in [-0.4, -0.2) is 63.0 Å². The molecule has 0 aromatic carbocycles. The molecule has 0 fully saturated rings. The van der Waals surface area contributed by atoms with E-state index in [1.807, 2.05) is 6.92 Å². The zero-order chi connectivity index (χ0) is 14.5. The van der Waals surface area contributed by atoms with Gasteiger partial charge in [0.1, 0.15) is 6.04 Å². The van der Waals surface area contributed by atoms with Crippen molar-refractivity contribution in [3.05, 3.63) is 0 Å². The third-order valence-electron chi connectivity index (χ3n) is 2.45. The lowest BCUT2D eigenvalue weighted by Crippen LogP contribution is -2.39. The molecule has 120 valence electrons. The van der Waals surface area contributed by atoms with E-state index >= 15 is 0 Å². The van der Waals surface area contributed by atoms with Crippen LogP contribution in [0.3, 0.4) is 0 Å². The Morgan fingerprint density at radius 3 is 2.40 bits per heavy atom. The summed E-state index contributed by atoms with van der Waals surface area (Å²) in [5.74, 6) is -1.13. The van der Waals surface area contributed by atoms with Crippen molar-refractivity contribution in [2.45, 2.75) is 25.8 Å². The van der Waals surface area contributed by atoms with Gasteiger partial charge in [-0.15, -0.1) is 12.4 Å². The molecule has 0 aliphatic rings.